The van der Waals surface area contributed by atoms with Crippen LogP contribution in [0.5, 0.6) is 0 Å². The molecule has 0 amide bonds. The van der Waals surface area contributed by atoms with Crippen molar-refractivity contribution in [3.63, 3.8) is 0 Å². The van der Waals surface area contributed by atoms with Crippen molar-refractivity contribution in [2.24, 2.45) is 0 Å². The van der Waals surface area contributed by atoms with Gasteiger partial charge < -0.3 is 5.73 Å². The topological polar surface area (TPSA) is 72.5 Å². The lowest BCUT2D eigenvalue weighted by Gasteiger charge is -1.93. The molecule has 13 heavy (non-hydrogen) atoms. The number of aryl methyl sites for hydroxylation is 1. The van der Waals surface area contributed by atoms with E-state index < -0.39 is 0 Å². The third-order valence-corrected chi connectivity index (χ3v) is 1.89. The predicted molar refractivity (Wildman–Crippen MR) is 49.9 cm³/mol. The monoisotopic (exact) mass is 177 g/mol. The van der Waals surface area contributed by atoms with E-state index in [2.05, 4.69) is 15.3 Å². The van der Waals surface area contributed by atoms with Crippen molar-refractivity contribution >= 4 is 5.69 Å². The Morgan fingerprint density at radius 3 is 3.00 bits per heavy atom. The number of nitrogens with two attached hydrogens (primary N) is 1. The lowest BCUT2D eigenvalue weighted by molar-refractivity contribution is 0.661. The van der Waals surface area contributed by atoms with Gasteiger partial charge in [0.05, 0.1) is 11.9 Å². The maximum Gasteiger partial charge on any atom is 0.112 e. The van der Waals surface area contributed by atoms with Crippen LogP contribution in [-0.4, -0.2) is 20.0 Å². The van der Waals surface area contributed by atoms with Gasteiger partial charge in [0.15, 0.2) is 0 Å². The molecule has 68 valence electrons. The summed E-state index contributed by atoms with van der Waals surface area (Å²) in [5, 5.41) is 10.9. The summed E-state index contributed by atoms with van der Waals surface area (Å²) in [5.74, 6) is 0. The van der Waals surface area contributed by atoms with Crippen LogP contribution in [-0.2, 0) is 6.54 Å². The average Bonchev–Trinajstić information content (AvgIpc) is 2.71. The van der Waals surface area contributed by atoms with Gasteiger partial charge in [0.25, 0.3) is 0 Å². The van der Waals surface area contributed by atoms with Gasteiger partial charge in [-0.05, 0) is 13.0 Å². The summed E-state index contributed by atoms with van der Waals surface area (Å²) in [6, 6.07) is 1.91. The van der Waals surface area contributed by atoms with E-state index in [-0.39, 0.29) is 0 Å². The van der Waals surface area contributed by atoms with E-state index in [1.807, 2.05) is 23.9 Å². The van der Waals surface area contributed by atoms with Gasteiger partial charge in [0, 0.05) is 12.7 Å². The van der Waals surface area contributed by atoms with Gasteiger partial charge in [0.2, 0.25) is 0 Å². The number of anilines is 1. The first-order chi connectivity index (χ1) is 6.31. The van der Waals surface area contributed by atoms with E-state index in [4.69, 9.17) is 5.73 Å². The summed E-state index contributed by atoms with van der Waals surface area (Å²) in [5.41, 5.74) is 7.92. The maximum absolute atomic E-state index is 5.68. The van der Waals surface area contributed by atoms with Crippen LogP contribution in [0.2, 0.25) is 0 Å². The van der Waals surface area contributed by atoms with Crippen molar-refractivity contribution in [1.82, 2.24) is 20.0 Å². The van der Waals surface area contributed by atoms with Gasteiger partial charge in [-0.2, -0.15) is 10.2 Å². The van der Waals surface area contributed by atoms with Gasteiger partial charge in [-0.15, -0.1) is 0 Å². The zero-order valence-corrected chi connectivity index (χ0v) is 7.36. The van der Waals surface area contributed by atoms with Crippen LogP contribution < -0.4 is 5.73 Å². The second-order valence-corrected chi connectivity index (χ2v) is 2.76. The summed E-state index contributed by atoms with van der Waals surface area (Å²) in [4.78, 5) is 0. The first kappa shape index (κ1) is 7.85. The number of hydrogen-bond donors (Lipinski definition) is 2. The van der Waals surface area contributed by atoms with Crippen molar-refractivity contribution < 1.29 is 0 Å². The first-order valence-electron chi connectivity index (χ1n) is 4.14. The molecular formula is C8H11N5. The minimum atomic E-state index is 0.626. The highest BCUT2D eigenvalue weighted by molar-refractivity contribution is 5.68. The molecule has 2 aromatic rings. The van der Waals surface area contributed by atoms with E-state index in [1.54, 1.807) is 6.20 Å². The molecule has 0 aromatic carbocycles. The summed E-state index contributed by atoms with van der Waals surface area (Å²) < 4.78 is 1.84. The SMILES string of the molecule is CCn1ccc(-c2[nH]ncc2N)n1. The van der Waals surface area contributed by atoms with Crippen molar-refractivity contribution in [2.75, 3.05) is 5.73 Å². The highest BCUT2D eigenvalue weighted by Crippen LogP contribution is 2.19. The van der Waals surface area contributed by atoms with Crippen molar-refractivity contribution in [3.05, 3.63) is 18.5 Å². The summed E-state index contributed by atoms with van der Waals surface area (Å²) in [7, 11) is 0. The normalized spacial score (nSPS) is 10.5. The Hall–Kier alpha value is -1.78. The minimum Gasteiger partial charge on any atom is -0.396 e. The summed E-state index contributed by atoms with van der Waals surface area (Å²) in [6.45, 7) is 2.89. The molecule has 2 rings (SSSR count). The van der Waals surface area contributed by atoms with Crippen LogP contribution in [0.1, 0.15) is 6.92 Å². The fourth-order valence-corrected chi connectivity index (χ4v) is 1.17. The Labute approximate surface area is 75.6 Å². The lowest BCUT2D eigenvalue weighted by atomic mass is 10.3. The molecule has 2 aromatic heterocycles. The average molecular weight is 177 g/mol. The molecule has 0 aliphatic rings. The fourth-order valence-electron chi connectivity index (χ4n) is 1.17. The number of aromatic nitrogens is 4. The Morgan fingerprint density at radius 1 is 1.62 bits per heavy atom. The molecule has 0 bridgehead atoms. The number of nitrogens with zero attached hydrogens (tertiary/aromatic N) is 3. The standard InChI is InChI=1S/C8H11N5/c1-2-13-4-3-7(12-13)8-6(9)5-10-11-8/h3-5H,2,9H2,1H3,(H,10,11). The molecule has 0 spiro atoms. The van der Waals surface area contributed by atoms with E-state index >= 15 is 0 Å². The van der Waals surface area contributed by atoms with Gasteiger partial charge in [0.1, 0.15) is 11.4 Å². The molecule has 3 N–H and O–H groups in total. The molecule has 0 saturated heterocycles. The fraction of sp³-hybridized carbons (Fsp3) is 0.250. The number of aromatic amines is 1. The second kappa shape index (κ2) is 2.93. The Bertz CT molecular complexity index is 400. The smallest absolute Gasteiger partial charge is 0.112 e. The minimum absolute atomic E-state index is 0.626. The van der Waals surface area contributed by atoms with E-state index in [0.29, 0.717) is 5.69 Å². The lowest BCUT2D eigenvalue weighted by Crippen LogP contribution is -1.95. The maximum atomic E-state index is 5.68. The number of rotatable bonds is 2. The van der Waals surface area contributed by atoms with Crippen LogP contribution in [0, 0.1) is 0 Å². The predicted octanol–water partition coefficient (Wildman–Crippen LogP) is 0.875. The van der Waals surface area contributed by atoms with E-state index in [1.165, 1.54) is 0 Å². The molecule has 0 saturated carbocycles. The van der Waals surface area contributed by atoms with Crippen molar-refractivity contribution in [3.8, 4) is 11.4 Å². The second-order valence-electron chi connectivity index (χ2n) is 2.76. The van der Waals surface area contributed by atoms with E-state index in [9.17, 15) is 0 Å². The molecule has 0 fully saturated rings. The molecule has 0 unspecified atom stereocenters. The molecule has 2 heterocycles. The van der Waals surface area contributed by atoms with Crippen molar-refractivity contribution in [1.29, 1.82) is 0 Å². The Balaban J connectivity index is 2.41. The molecule has 0 radical (unpaired) electrons. The van der Waals surface area contributed by atoms with Crippen LogP contribution in [0.4, 0.5) is 5.69 Å². The van der Waals surface area contributed by atoms with Crippen LogP contribution in [0.3, 0.4) is 0 Å². The largest absolute Gasteiger partial charge is 0.396 e. The van der Waals surface area contributed by atoms with Crippen molar-refractivity contribution in [2.45, 2.75) is 13.5 Å². The Morgan fingerprint density at radius 2 is 2.46 bits per heavy atom. The Kier molecular flexibility index (Phi) is 1.77. The summed E-state index contributed by atoms with van der Waals surface area (Å²) in [6.07, 6.45) is 3.50. The third-order valence-electron chi connectivity index (χ3n) is 1.89. The van der Waals surface area contributed by atoms with Crippen LogP contribution >= 0.6 is 0 Å². The highest BCUT2D eigenvalue weighted by Gasteiger charge is 2.06. The third kappa shape index (κ3) is 1.28. The molecule has 0 aliphatic carbocycles. The molecular weight excluding hydrogens is 166 g/mol. The van der Waals surface area contributed by atoms with Crippen LogP contribution in [0.25, 0.3) is 11.4 Å². The number of H-pyrrole nitrogens is 1. The van der Waals surface area contributed by atoms with Gasteiger partial charge in [-0.3, -0.25) is 9.78 Å². The quantitative estimate of drug-likeness (QED) is 0.715. The molecule has 0 atom stereocenters. The molecule has 0 aliphatic heterocycles. The van der Waals surface area contributed by atoms with Crippen LogP contribution in [0.15, 0.2) is 18.5 Å². The van der Waals surface area contributed by atoms with Gasteiger partial charge >= 0.3 is 0 Å². The highest BCUT2D eigenvalue weighted by atomic mass is 15.3. The zero-order valence-electron chi connectivity index (χ0n) is 7.36. The molecule has 5 heteroatoms. The molecule has 5 nitrogen and oxygen atoms in total. The number of hydrogen-bond acceptors (Lipinski definition) is 3. The van der Waals surface area contributed by atoms with Gasteiger partial charge in [-0.1, -0.05) is 0 Å². The van der Waals surface area contributed by atoms with E-state index in [0.717, 1.165) is 17.9 Å². The number of nitrogens with one attached hydrogen (secondary N) is 1. The zero-order chi connectivity index (χ0) is 9.26. The van der Waals surface area contributed by atoms with Gasteiger partial charge in [-0.25, -0.2) is 0 Å². The number of nitrogen functional groups attached to an aromatic ring is 1. The first-order valence-corrected chi connectivity index (χ1v) is 4.14. The summed E-state index contributed by atoms with van der Waals surface area (Å²) >= 11 is 0.